The summed E-state index contributed by atoms with van der Waals surface area (Å²) in [5.41, 5.74) is 1.75. The molecular formula is C23H16ClN3O3S2. The summed E-state index contributed by atoms with van der Waals surface area (Å²) < 4.78 is 11.2. The number of aromatic nitrogens is 2. The van der Waals surface area contributed by atoms with E-state index < -0.39 is 0 Å². The number of hydrogen-bond donors (Lipinski definition) is 0. The zero-order valence-corrected chi connectivity index (χ0v) is 19.0. The highest BCUT2D eigenvalue weighted by Crippen LogP contribution is 2.48. The molecule has 0 fully saturated rings. The number of amides is 1. The van der Waals surface area contributed by atoms with Crippen molar-refractivity contribution < 1.29 is 13.9 Å². The molecule has 0 radical (unpaired) electrons. The first kappa shape index (κ1) is 20.9. The van der Waals surface area contributed by atoms with E-state index in [1.165, 1.54) is 11.8 Å². The van der Waals surface area contributed by atoms with E-state index in [2.05, 4.69) is 10.2 Å². The minimum Gasteiger partial charge on any atom is -0.482 e. The quantitative estimate of drug-likeness (QED) is 0.302. The van der Waals surface area contributed by atoms with Gasteiger partial charge in [0.25, 0.3) is 11.1 Å². The van der Waals surface area contributed by atoms with Crippen molar-refractivity contribution in [1.82, 2.24) is 10.2 Å². The van der Waals surface area contributed by atoms with Crippen LogP contribution in [0.5, 0.6) is 5.75 Å². The number of ether oxygens (including phenoxy) is 1. The predicted molar refractivity (Wildman–Crippen MR) is 125 cm³/mol. The second kappa shape index (κ2) is 9.28. The zero-order chi connectivity index (χ0) is 21.9. The van der Waals surface area contributed by atoms with Gasteiger partial charge in [0.05, 0.1) is 22.2 Å². The molecule has 9 heteroatoms. The average molecular weight is 482 g/mol. The minimum absolute atomic E-state index is 0.0673. The van der Waals surface area contributed by atoms with Gasteiger partial charge in [0.15, 0.2) is 6.61 Å². The summed E-state index contributed by atoms with van der Waals surface area (Å²) in [5, 5.41) is 8.82. The fraction of sp³-hybridized carbons (Fsp3) is 0.0870. The van der Waals surface area contributed by atoms with Gasteiger partial charge in [0, 0.05) is 9.79 Å². The smallest absolute Gasteiger partial charge is 0.277 e. The molecule has 5 rings (SSSR count). The highest BCUT2D eigenvalue weighted by Gasteiger charge is 2.28. The zero-order valence-electron chi connectivity index (χ0n) is 16.6. The molecule has 0 unspecified atom stereocenters. The van der Waals surface area contributed by atoms with Crippen LogP contribution in [0.2, 0.25) is 5.02 Å². The summed E-state index contributed by atoms with van der Waals surface area (Å²) in [5.74, 6) is 0.935. The number of nitrogens with zero attached hydrogens (tertiary/aromatic N) is 3. The lowest BCUT2D eigenvalue weighted by molar-refractivity contribution is -0.115. The number of hydrogen-bond acceptors (Lipinski definition) is 7. The first-order valence-electron chi connectivity index (χ1n) is 9.70. The molecule has 6 nitrogen and oxygen atoms in total. The third-order valence-electron chi connectivity index (χ3n) is 4.64. The number of fused-ring (bicyclic) bond motifs is 2. The molecule has 32 heavy (non-hydrogen) atoms. The Bertz CT molecular complexity index is 1240. The van der Waals surface area contributed by atoms with Gasteiger partial charge in [0.1, 0.15) is 5.75 Å². The molecule has 1 amide bonds. The number of para-hydroxylation sites is 3. The third kappa shape index (κ3) is 4.34. The Morgan fingerprint density at radius 1 is 0.969 bits per heavy atom. The fourth-order valence-corrected chi connectivity index (χ4v) is 5.10. The van der Waals surface area contributed by atoms with Crippen LogP contribution in [0.4, 0.5) is 11.4 Å². The summed E-state index contributed by atoms with van der Waals surface area (Å²) in [6.45, 7) is 0.0926. The second-order valence-corrected chi connectivity index (χ2v) is 9.15. The van der Waals surface area contributed by atoms with Crippen molar-refractivity contribution >= 4 is 52.4 Å². The van der Waals surface area contributed by atoms with E-state index in [4.69, 9.17) is 20.8 Å². The van der Waals surface area contributed by atoms with Crippen LogP contribution in [0.15, 0.2) is 92.2 Å². The number of carbonyl (C=O) groups is 1. The van der Waals surface area contributed by atoms with Gasteiger partial charge in [-0.2, -0.15) is 0 Å². The Balaban J connectivity index is 1.27. The number of anilines is 2. The number of carbonyl (C=O) groups excluding carboxylic acids is 1. The van der Waals surface area contributed by atoms with Crippen LogP contribution < -0.4 is 9.64 Å². The number of thioether (sulfide) groups is 1. The maximum absolute atomic E-state index is 13.2. The Hall–Kier alpha value is -2.94. The molecular weight excluding hydrogens is 466 g/mol. The Morgan fingerprint density at radius 2 is 1.62 bits per heavy atom. The van der Waals surface area contributed by atoms with Gasteiger partial charge in [-0.25, -0.2) is 0 Å². The van der Waals surface area contributed by atoms with Crippen molar-refractivity contribution in [2.45, 2.75) is 21.6 Å². The summed E-state index contributed by atoms with van der Waals surface area (Å²) in [6.07, 6.45) is 0. The molecule has 0 saturated carbocycles. The highest BCUT2D eigenvalue weighted by atomic mass is 35.5. The number of benzene rings is 3. The van der Waals surface area contributed by atoms with Gasteiger partial charge in [0.2, 0.25) is 5.91 Å². The van der Waals surface area contributed by atoms with Gasteiger partial charge >= 0.3 is 0 Å². The third-order valence-corrected chi connectivity index (χ3v) is 6.88. The van der Waals surface area contributed by atoms with E-state index in [0.29, 0.717) is 21.9 Å². The standard InChI is InChI=1S/C23H16ClN3O3S2/c24-15-7-1-4-10-18(15)29-13-21-25-26-23(30-21)31-14-22(28)27-16-8-2-5-11-19(16)32-20-12-6-3-9-17(20)27/h1-12H,13-14H2. The average Bonchev–Trinajstić information content (AvgIpc) is 3.28. The summed E-state index contributed by atoms with van der Waals surface area (Å²) in [7, 11) is 0. The van der Waals surface area contributed by atoms with Crippen molar-refractivity contribution in [2.24, 2.45) is 0 Å². The van der Waals surface area contributed by atoms with Crippen LogP contribution in [-0.4, -0.2) is 21.9 Å². The van der Waals surface area contributed by atoms with Gasteiger partial charge < -0.3 is 9.15 Å². The predicted octanol–water partition coefficient (Wildman–Crippen LogP) is 6.22. The van der Waals surface area contributed by atoms with Crippen molar-refractivity contribution in [2.75, 3.05) is 10.7 Å². The first-order valence-corrected chi connectivity index (χ1v) is 11.9. The number of rotatable bonds is 6. The van der Waals surface area contributed by atoms with Gasteiger partial charge in [-0.15, -0.1) is 10.2 Å². The molecule has 160 valence electrons. The van der Waals surface area contributed by atoms with Gasteiger partial charge in [-0.1, -0.05) is 71.5 Å². The molecule has 2 heterocycles. The first-order chi connectivity index (χ1) is 15.7. The van der Waals surface area contributed by atoms with Crippen molar-refractivity contribution in [3.8, 4) is 5.75 Å². The normalized spacial score (nSPS) is 12.2. The summed E-state index contributed by atoms with van der Waals surface area (Å²) >= 11 is 8.95. The molecule has 4 aromatic rings. The summed E-state index contributed by atoms with van der Waals surface area (Å²) in [4.78, 5) is 17.1. The van der Waals surface area contributed by atoms with E-state index in [-0.39, 0.29) is 18.3 Å². The number of halogens is 1. The van der Waals surface area contributed by atoms with E-state index >= 15 is 0 Å². The molecule has 0 bridgehead atoms. The molecule has 1 aliphatic heterocycles. The molecule has 0 N–H and O–H groups in total. The lowest BCUT2D eigenvalue weighted by atomic mass is 10.2. The van der Waals surface area contributed by atoms with Crippen LogP contribution in [-0.2, 0) is 11.4 Å². The molecule has 0 aliphatic carbocycles. The lowest BCUT2D eigenvalue weighted by Crippen LogP contribution is -2.29. The fourth-order valence-electron chi connectivity index (χ4n) is 3.22. The van der Waals surface area contributed by atoms with Crippen LogP contribution in [0.25, 0.3) is 0 Å². The second-order valence-electron chi connectivity index (χ2n) is 6.74. The molecule has 0 saturated heterocycles. The van der Waals surface area contributed by atoms with Crippen molar-refractivity contribution in [3.05, 3.63) is 83.7 Å². The maximum atomic E-state index is 13.2. The molecule has 0 atom stereocenters. The van der Waals surface area contributed by atoms with E-state index in [9.17, 15) is 4.79 Å². The minimum atomic E-state index is -0.0673. The highest BCUT2D eigenvalue weighted by molar-refractivity contribution is 8.00. The largest absolute Gasteiger partial charge is 0.482 e. The van der Waals surface area contributed by atoms with E-state index in [1.54, 1.807) is 28.8 Å². The van der Waals surface area contributed by atoms with Crippen LogP contribution in [0, 0.1) is 0 Å². The monoisotopic (exact) mass is 481 g/mol. The van der Waals surface area contributed by atoms with E-state index in [0.717, 1.165) is 21.2 Å². The van der Waals surface area contributed by atoms with Crippen LogP contribution >= 0.6 is 35.1 Å². The topological polar surface area (TPSA) is 68.5 Å². The summed E-state index contributed by atoms with van der Waals surface area (Å²) in [6, 6.07) is 22.9. The van der Waals surface area contributed by atoms with Crippen molar-refractivity contribution in [1.29, 1.82) is 0 Å². The molecule has 1 aromatic heterocycles. The van der Waals surface area contributed by atoms with E-state index in [1.807, 2.05) is 60.7 Å². The van der Waals surface area contributed by atoms with Gasteiger partial charge in [-0.3, -0.25) is 9.69 Å². The maximum Gasteiger partial charge on any atom is 0.277 e. The molecule has 1 aliphatic rings. The van der Waals surface area contributed by atoms with Crippen LogP contribution in [0.1, 0.15) is 5.89 Å². The van der Waals surface area contributed by atoms with Gasteiger partial charge in [-0.05, 0) is 36.4 Å². The van der Waals surface area contributed by atoms with Crippen molar-refractivity contribution in [3.63, 3.8) is 0 Å². The Morgan fingerprint density at radius 3 is 2.34 bits per heavy atom. The molecule has 0 spiro atoms. The lowest BCUT2D eigenvalue weighted by Gasteiger charge is -2.30. The van der Waals surface area contributed by atoms with Crippen LogP contribution in [0.3, 0.4) is 0 Å². The molecule has 3 aromatic carbocycles. The Labute approximate surface area is 197 Å². The SMILES string of the molecule is O=C(CSc1nnc(COc2ccccc2Cl)o1)N1c2ccccc2Sc2ccccc21. The Kier molecular flexibility index (Phi) is 6.07.